The van der Waals surface area contributed by atoms with Crippen LogP contribution in [0.25, 0.3) is 0 Å². The van der Waals surface area contributed by atoms with E-state index in [1.807, 2.05) is 0 Å². The van der Waals surface area contributed by atoms with Gasteiger partial charge in [0.1, 0.15) is 0 Å². The molecule has 0 aliphatic carbocycles. The molecule has 0 radical (unpaired) electrons. The van der Waals surface area contributed by atoms with Crippen LogP contribution in [0.2, 0.25) is 0 Å². The van der Waals surface area contributed by atoms with E-state index in [0.717, 1.165) is 0 Å². The molecule has 1 rings (SSSR count). The summed E-state index contributed by atoms with van der Waals surface area (Å²) in [5, 5.41) is 3.76. The highest BCUT2D eigenvalue weighted by molar-refractivity contribution is 4.91. The Morgan fingerprint density at radius 1 is 1.31 bits per heavy atom. The molecule has 1 fully saturated rings. The van der Waals surface area contributed by atoms with Crippen molar-refractivity contribution in [3.8, 4) is 0 Å². The van der Waals surface area contributed by atoms with Gasteiger partial charge in [-0.3, -0.25) is 0 Å². The first kappa shape index (κ1) is 13.7. The number of hydrogen-bond acceptors (Lipinski definition) is 2. The van der Waals surface area contributed by atoms with Gasteiger partial charge in [0.25, 0.3) is 0 Å². The minimum absolute atomic E-state index is 0.367. The maximum atomic E-state index is 3.76. The number of nitrogens with one attached hydrogen (secondary N) is 1. The molecule has 0 spiro atoms. The largest absolute Gasteiger partial charge is 0.310 e. The van der Waals surface area contributed by atoms with Gasteiger partial charge in [-0.05, 0) is 45.7 Å². The molecule has 16 heavy (non-hydrogen) atoms. The van der Waals surface area contributed by atoms with Crippen LogP contribution < -0.4 is 5.32 Å². The van der Waals surface area contributed by atoms with E-state index in [0.29, 0.717) is 5.54 Å². The van der Waals surface area contributed by atoms with E-state index in [2.05, 4.69) is 43.1 Å². The van der Waals surface area contributed by atoms with Crippen molar-refractivity contribution in [3.05, 3.63) is 12.2 Å². The number of allylic oxidation sites excluding steroid dienone is 1. The minimum Gasteiger partial charge on any atom is -0.310 e. The molecule has 0 saturated carbocycles. The zero-order chi connectivity index (χ0) is 11.9. The first-order valence-electron chi connectivity index (χ1n) is 6.85. The smallest absolute Gasteiger partial charge is 0.0303 e. The summed E-state index contributed by atoms with van der Waals surface area (Å²) < 4.78 is 0. The first-order valence-corrected chi connectivity index (χ1v) is 6.85. The fraction of sp³-hybridized carbons (Fsp3) is 0.857. The fourth-order valence-corrected chi connectivity index (χ4v) is 2.56. The second-order valence-electron chi connectivity index (χ2n) is 4.90. The van der Waals surface area contributed by atoms with Crippen molar-refractivity contribution >= 4 is 0 Å². The topological polar surface area (TPSA) is 15.3 Å². The number of hydrogen-bond donors (Lipinski definition) is 1. The van der Waals surface area contributed by atoms with Crippen LogP contribution in [-0.2, 0) is 0 Å². The summed E-state index contributed by atoms with van der Waals surface area (Å²) >= 11 is 0. The average molecular weight is 224 g/mol. The average Bonchev–Trinajstić information content (AvgIpc) is 2.53. The van der Waals surface area contributed by atoms with Gasteiger partial charge in [-0.15, -0.1) is 0 Å². The van der Waals surface area contributed by atoms with Crippen LogP contribution in [-0.4, -0.2) is 36.6 Å². The van der Waals surface area contributed by atoms with Crippen molar-refractivity contribution in [2.24, 2.45) is 0 Å². The Labute approximate surface area is 101 Å². The Kier molecular flexibility index (Phi) is 6.07. The van der Waals surface area contributed by atoms with E-state index < -0.39 is 0 Å². The van der Waals surface area contributed by atoms with Crippen molar-refractivity contribution in [3.63, 3.8) is 0 Å². The molecule has 1 saturated heterocycles. The summed E-state index contributed by atoms with van der Waals surface area (Å²) in [5.74, 6) is 0. The van der Waals surface area contributed by atoms with Crippen LogP contribution in [0, 0.1) is 0 Å². The monoisotopic (exact) mass is 224 g/mol. The minimum atomic E-state index is 0.367. The third-order valence-electron chi connectivity index (χ3n) is 3.88. The summed E-state index contributed by atoms with van der Waals surface area (Å²) in [7, 11) is 0. The van der Waals surface area contributed by atoms with Gasteiger partial charge in [0.15, 0.2) is 0 Å². The standard InChI is InChI=1S/C14H28N2/c1-4-7-8-11-16-12-9-10-15-14(5-2,6-3)13-16/h4,7,15H,5-6,8-13H2,1-3H3/b7-4+. The van der Waals surface area contributed by atoms with Crippen molar-refractivity contribution in [2.75, 3.05) is 26.2 Å². The lowest BCUT2D eigenvalue weighted by Gasteiger charge is -2.35. The molecule has 1 heterocycles. The highest BCUT2D eigenvalue weighted by atomic mass is 15.2. The van der Waals surface area contributed by atoms with E-state index >= 15 is 0 Å². The number of rotatable bonds is 5. The van der Waals surface area contributed by atoms with Crippen molar-refractivity contribution in [1.29, 1.82) is 0 Å². The summed E-state index contributed by atoms with van der Waals surface area (Å²) in [4.78, 5) is 2.63. The normalized spacial score (nSPS) is 22.4. The van der Waals surface area contributed by atoms with E-state index in [4.69, 9.17) is 0 Å². The third-order valence-corrected chi connectivity index (χ3v) is 3.88. The maximum absolute atomic E-state index is 3.76. The van der Waals surface area contributed by atoms with Gasteiger partial charge in [0.2, 0.25) is 0 Å². The Balaban J connectivity index is 2.50. The molecule has 1 aliphatic heterocycles. The van der Waals surface area contributed by atoms with E-state index in [9.17, 15) is 0 Å². The molecule has 2 nitrogen and oxygen atoms in total. The summed E-state index contributed by atoms with van der Waals surface area (Å²) in [6.45, 7) is 11.6. The highest BCUT2D eigenvalue weighted by Crippen LogP contribution is 2.19. The number of nitrogens with zero attached hydrogens (tertiary/aromatic N) is 1. The van der Waals surface area contributed by atoms with Gasteiger partial charge in [0, 0.05) is 18.6 Å². The molecular weight excluding hydrogens is 196 g/mol. The van der Waals surface area contributed by atoms with Gasteiger partial charge in [-0.2, -0.15) is 0 Å². The fourth-order valence-electron chi connectivity index (χ4n) is 2.56. The van der Waals surface area contributed by atoms with Gasteiger partial charge in [0.05, 0.1) is 0 Å². The lowest BCUT2D eigenvalue weighted by Crippen LogP contribution is -2.50. The first-order chi connectivity index (χ1) is 7.76. The van der Waals surface area contributed by atoms with Crippen LogP contribution in [0.5, 0.6) is 0 Å². The van der Waals surface area contributed by atoms with Crippen LogP contribution in [0.4, 0.5) is 0 Å². The van der Waals surface area contributed by atoms with Crippen molar-refractivity contribution < 1.29 is 0 Å². The molecule has 2 heteroatoms. The highest BCUT2D eigenvalue weighted by Gasteiger charge is 2.29. The lowest BCUT2D eigenvalue weighted by molar-refractivity contribution is 0.199. The summed E-state index contributed by atoms with van der Waals surface area (Å²) in [6.07, 6.45) is 9.39. The van der Waals surface area contributed by atoms with Crippen LogP contribution in [0.1, 0.15) is 46.5 Å². The van der Waals surface area contributed by atoms with Crippen molar-refractivity contribution in [1.82, 2.24) is 10.2 Å². The zero-order valence-electron chi connectivity index (χ0n) is 11.3. The molecule has 0 bridgehead atoms. The Morgan fingerprint density at radius 2 is 2.06 bits per heavy atom. The van der Waals surface area contributed by atoms with Crippen LogP contribution in [0.15, 0.2) is 12.2 Å². The predicted octanol–water partition coefficient (Wildman–Crippen LogP) is 2.81. The van der Waals surface area contributed by atoms with E-state index in [1.165, 1.54) is 51.9 Å². The molecule has 0 aromatic rings. The van der Waals surface area contributed by atoms with Crippen LogP contribution >= 0.6 is 0 Å². The molecule has 94 valence electrons. The van der Waals surface area contributed by atoms with Gasteiger partial charge in [-0.1, -0.05) is 26.0 Å². The SMILES string of the molecule is C/C=C/CCN1CCCNC(CC)(CC)C1. The Bertz CT molecular complexity index is 207. The molecule has 1 N–H and O–H groups in total. The Morgan fingerprint density at radius 3 is 2.69 bits per heavy atom. The third kappa shape index (κ3) is 3.91. The molecule has 0 aromatic heterocycles. The summed E-state index contributed by atoms with van der Waals surface area (Å²) in [6, 6.07) is 0. The molecule has 0 amide bonds. The second-order valence-corrected chi connectivity index (χ2v) is 4.90. The molecule has 1 aliphatic rings. The van der Waals surface area contributed by atoms with E-state index in [-0.39, 0.29) is 0 Å². The quantitative estimate of drug-likeness (QED) is 0.722. The zero-order valence-corrected chi connectivity index (χ0v) is 11.3. The molecule has 0 atom stereocenters. The van der Waals surface area contributed by atoms with Gasteiger partial charge < -0.3 is 10.2 Å². The lowest BCUT2D eigenvalue weighted by atomic mass is 9.92. The Hall–Kier alpha value is -0.340. The van der Waals surface area contributed by atoms with E-state index in [1.54, 1.807) is 0 Å². The summed E-state index contributed by atoms with van der Waals surface area (Å²) in [5.41, 5.74) is 0.367. The van der Waals surface area contributed by atoms with Gasteiger partial charge >= 0.3 is 0 Å². The molecule has 0 aromatic carbocycles. The molecule has 0 unspecified atom stereocenters. The second kappa shape index (κ2) is 7.08. The maximum Gasteiger partial charge on any atom is 0.0303 e. The van der Waals surface area contributed by atoms with Gasteiger partial charge in [-0.25, -0.2) is 0 Å². The van der Waals surface area contributed by atoms with Crippen molar-refractivity contribution in [2.45, 2.75) is 52.0 Å². The molecular formula is C14H28N2. The predicted molar refractivity (Wildman–Crippen MR) is 71.8 cm³/mol. The van der Waals surface area contributed by atoms with Crippen LogP contribution in [0.3, 0.4) is 0 Å².